The molecule has 5 nitrogen and oxygen atoms in total. The van der Waals surface area contributed by atoms with Crippen molar-refractivity contribution in [2.75, 3.05) is 13.1 Å². The molecule has 1 saturated heterocycles. The summed E-state index contributed by atoms with van der Waals surface area (Å²) in [4.78, 5) is 24.2. The number of carboxylic acids is 1. The number of hydrogen-bond donors (Lipinski definition) is 1. The average molecular weight is 277 g/mol. The zero-order chi connectivity index (χ0) is 14.5. The van der Waals surface area contributed by atoms with Gasteiger partial charge in [0.1, 0.15) is 6.10 Å². The summed E-state index contributed by atoms with van der Waals surface area (Å²) in [6.07, 6.45) is -0.371. The lowest BCUT2D eigenvalue weighted by molar-refractivity contribution is -0.153. The van der Waals surface area contributed by atoms with Crippen LogP contribution in [0.25, 0.3) is 0 Å². The van der Waals surface area contributed by atoms with Crippen molar-refractivity contribution >= 4 is 11.9 Å². The Hall–Kier alpha value is -1.88. The van der Waals surface area contributed by atoms with E-state index in [4.69, 9.17) is 9.84 Å². The van der Waals surface area contributed by atoms with Crippen LogP contribution in [0.1, 0.15) is 18.9 Å². The molecule has 20 heavy (non-hydrogen) atoms. The minimum absolute atomic E-state index is 0.0671. The fourth-order valence-corrected chi connectivity index (χ4v) is 2.25. The van der Waals surface area contributed by atoms with Gasteiger partial charge in [-0.2, -0.15) is 0 Å². The normalized spacial score (nSPS) is 16.6. The molecule has 0 bridgehead atoms. The number of rotatable bonds is 6. The van der Waals surface area contributed by atoms with E-state index in [0.29, 0.717) is 19.7 Å². The molecule has 0 radical (unpaired) electrons. The largest absolute Gasteiger partial charge is 0.481 e. The van der Waals surface area contributed by atoms with Gasteiger partial charge in [-0.25, -0.2) is 0 Å². The van der Waals surface area contributed by atoms with E-state index in [-0.39, 0.29) is 18.2 Å². The van der Waals surface area contributed by atoms with Crippen molar-refractivity contribution in [2.24, 2.45) is 5.92 Å². The van der Waals surface area contributed by atoms with Crippen molar-refractivity contribution in [3.63, 3.8) is 0 Å². The molecule has 1 aromatic rings. The maximum absolute atomic E-state index is 12.0. The molecule has 0 spiro atoms. The minimum Gasteiger partial charge on any atom is -0.481 e. The van der Waals surface area contributed by atoms with Crippen molar-refractivity contribution in [2.45, 2.75) is 26.1 Å². The molecule has 1 heterocycles. The maximum atomic E-state index is 12.0. The molecule has 1 aliphatic rings. The summed E-state index contributed by atoms with van der Waals surface area (Å²) in [5, 5.41) is 8.67. The van der Waals surface area contributed by atoms with Crippen molar-refractivity contribution < 1.29 is 19.4 Å². The number of benzene rings is 1. The Morgan fingerprint density at radius 1 is 1.35 bits per heavy atom. The van der Waals surface area contributed by atoms with Gasteiger partial charge in [0, 0.05) is 19.0 Å². The Bertz CT molecular complexity index is 468. The van der Waals surface area contributed by atoms with Crippen molar-refractivity contribution in [3.05, 3.63) is 35.9 Å². The van der Waals surface area contributed by atoms with Crippen molar-refractivity contribution in [1.29, 1.82) is 0 Å². The molecular formula is C15H19NO4. The highest BCUT2D eigenvalue weighted by molar-refractivity contribution is 5.81. The van der Waals surface area contributed by atoms with Crippen molar-refractivity contribution in [1.82, 2.24) is 4.90 Å². The van der Waals surface area contributed by atoms with Gasteiger partial charge in [-0.15, -0.1) is 0 Å². The van der Waals surface area contributed by atoms with E-state index in [1.807, 2.05) is 30.3 Å². The van der Waals surface area contributed by atoms with Gasteiger partial charge in [0.05, 0.1) is 13.0 Å². The first-order valence-electron chi connectivity index (χ1n) is 6.72. The molecule has 0 aromatic heterocycles. The van der Waals surface area contributed by atoms with Crippen LogP contribution in [0.15, 0.2) is 30.3 Å². The lowest BCUT2D eigenvalue weighted by Gasteiger charge is -2.39. The topological polar surface area (TPSA) is 66.8 Å². The molecule has 0 aliphatic carbocycles. The monoisotopic (exact) mass is 277 g/mol. The van der Waals surface area contributed by atoms with Gasteiger partial charge in [-0.3, -0.25) is 9.59 Å². The zero-order valence-corrected chi connectivity index (χ0v) is 11.5. The summed E-state index contributed by atoms with van der Waals surface area (Å²) in [7, 11) is 0. The van der Waals surface area contributed by atoms with E-state index >= 15 is 0 Å². The quantitative estimate of drug-likeness (QED) is 0.856. The number of likely N-dealkylation sites (tertiary alicyclic amines) is 1. The second kappa shape index (κ2) is 6.52. The fourth-order valence-electron chi connectivity index (χ4n) is 2.25. The molecule has 1 N–H and O–H groups in total. The first kappa shape index (κ1) is 14.5. The second-order valence-electron chi connectivity index (χ2n) is 5.15. The Kier molecular flexibility index (Phi) is 4.74. The lowest BCUT2D eigenvalue weighted by atomic mass is 9.96. The van der Waals surface area contributed by atoms with E-state index in [2.05, 4.69) is 0 Å². The van der Waals surface area contributed by atoms with Crippen LogP contribution < -0.4 is 0 Å². The zero-order valence-electron chi connectivity index (χ0n) is 11.5. The SMILES string of the molecule is CC(OCc1ccccc1)C(=O)N1CC(CC(=O)O)C1. The summed E-state index contributed by atoms with van der Waals surface area (Å²) in [6.45, 7) is 3.17. The summed E-state index contributed by atoms with van der Waals surface area (Å²) in [5.74, 6) is -0.796. The molecule has 1 amide bonds. The standard InChI is InChI=1S/C15H19NO4/c1-11(20-10-12-5-3-2-4-6-12)15(19)16-8-13(9-16)7-14(17)18/h2-6,11,13H,7-10H2,1H3,(H,17,18). The highest BCUT2D eigenvalue weighted by Gasteiger charge is 2.34. The number of ether oxygens (including phenoxy) is 1. The second-order valence-corrected chi connectivity index (χ2v) is 5.15. The van der Waals surface area contributed by atoms with Gasteiger partial charge < -0.3 is 14.7 Å². The van der Waals surface area contributed by atoms with E-state index in [0.717, 1.165) is 5.56 Å². The summed E-state index contributed by atoms with van der Waals surface area (Å²) < 4.78 is 5.56. The Labute approximate surface area is 118 Å². The number of hydrogen-bond acceptors (Lipinski definition) is 3. The Morgan fingerprint density at radius 2 is 2.00 bits per heavy atom. The summed E-state index contributed by atoms with van der Waals surface area (Å²) >= 11 is 0. The predicted octanol–water partition coefficient (Wildman–Crippen LogP) is 1.52. The lowest BCUT2D eigenvalue weighted by Crippen LogP contribution is -2.53. The maximum Gasteiger partial charge on any atom is 0.303 e. The van der Waals surface area contributed by atoms with Crippen LogP contribution in [0.5, 0.6) is 0 Å². The average Bonchev–Trinajstić information content (AvgIpc) is 2.40. The third kappa shape index (κ3) is 3.81. The smallest absolute Gasteiger partial charge is 0.303 e. The van der Waals surface area contributed by atoms with Crippen LogP contribution in [0.4, 0.5) is 0 Å². The van der Waals surface area contributed by atoms with Gasteiger partial charge in [0.2, 0.25) is 0 Å². The van der Waals surface area contributed by atoms with E-state index < -0.39 is 12.1 Å². The minimum atomic E-state index is -0.810. The van der Waals surface area contributed by atoms with Crippen molar-refractivity contribution in [3.8, 4) is 0 Å². The van der Waals surface area contributed by atoms with Crippen LogP contribution in [0.2, 0.25) is 0 Å². The number of carboxylic acid groups (broad SMARTS) is 1. The van der Waals surface area contributed by atoms with E-state index in [1.165, 1.54) is 0 Å². The number of amides is 1. The van der Waals surface area contributed by atoms with Crippen LogP contribution in [-0.2, 0) is 20.9 Å². The summed E-state index contributed by atoms with van der Waals surface area (Å²) in [5.41, 5.74) is 1.03. The molecule has 5 heteroatoms. The molecule has 1 aliphatic heterocycles. The first-order valence-corrected chi connectivity index (χ1v) is 6.72. The fraction of sp³-hybridized carbons (Fsp3) is 0.467. The van der Waals surface area contributed by atoms with Gasteiger partial charge in [-0.05, 0) is 12.5 Å². The summed E-state index contributed by atoms with van der Waals surface area (Å²) in [6, 6.07) is 9.68. The number of aliphatic carboxylic acids is 1. The molecule has 0 saturated carbocycles. The number of nitrogens with zero attached hydrogens (tertiary/aromatic N) is 1. The third-order valence-electron chi connectivity index (χ3n) is 3.42. The van der Waals surface area contributed by atoms with Crippen LogP contribution in [-0.4, -0.2) is 41.1 Å². The van der Waals surface area contributed by atoms with E-state index in [9.17, 15) is 9.59 Å². The van der Waals surface area contributed by atoms with Crippen LogP contribution >= 0.6 is 0 Å². The molecule has 1 atom stereocenters. The highest BCUT2D eigenvalue weighted by atomic mass is 16.5. The molecule has 1 unspecified atom stereocenters. The van der Waals surface area contributed by atoms with Gasteiger partial charge in [0.25, 0.3) is 5.91 Å². The Morgan fingerprint density at radius 3 is 2.60 bits per heavy atom. The first-order chi connectivity index (χ1) is 9.56. The number of carbonyl (C=O) groups is 2. The molecule has 108 valence electrons. The number of carbonyl (C=O) groups excluding carboxylic acids is 1. The van der Waals surface area contributed by atoms with Gasteiger partial charge >= 0.3 is 5.97 Å². The van der Waals surface area contributed by atoms with E-state index in [1.54, 1.807) is 11.8 Å². The highest BCUT2D eigenvalue weighted by Crippen LogP contribution is 2.20. The van der Waals surface area contributed by atoms with Gasteiger partial charge in [-0.1, -0.05) is 30.3 Å². The molecule has 1 fully saturated rings. The molecular weight excluding hydrogens is 258 g/mol. The van der Waals surface area contributed by atoms with Gasteiger partial charge in [0.15, 0.2) is 0 Å². The van der Waals surface area contributed by atoms with Crippen LogP contribution in [0.3, 0.4) is 0 Å². The molecule has 2 rings (SSSR count). The van der Waals surface area contributed by atoms with Crippen LogP contribution in [0, 0.1) is 5.92 Å². The molecule has 1 aromatic carbocycles. The third-order valence-corrected chi connectivity index (χ3v) is 3.42. The Balaban J connectivity index is 1.72. The predicted molar refractivity (Wildman–Crippen MR) is 73.0 cm³/mol.